The molecule has 0 aliphatic rings. The van der Waals surface area contributed by atoms with Crippen LogP contribution in [0.25, 0.3) is 6.08 Å². The third kappa shape index (κ3) is 5.31. The zero-order valence-electron chi connectivity index (χ0n) is 10.8. The standard InChI is InChI=1S/C13H16N2O4/c1-9(8-19-2)15-13(18)11-5-3-10(7-14-11)4-6-12(16)17/h3-7,9H,8H2,1-2H3,(H,15,18)(H,16,17)/b6-4+. The van der Waals surface area contributed by atoms with Crippen LogP contribution in [0.15, 0.2) is 24.4 Å². The second kappa shape index (κ2) is 7.27. The van der Waals surface area contributed by atoms with E-state index in [0.717, 1.165) is 6.08 Å². The van der Waals surface area contributed by atoms with E-state index in [0.29, 0.717) is 12.2 Å². The highest BCUT2D eigenvalue weighted by Crippen LogP contribution is 2.03. The maximum absolute atomic E-state index is 11.8. The number of aliphatic carboxylic acids is 1. The third-order valence-electron chi connectivity index (χ3n) is 2.23. The van der Waals surface area contributed by atoms with Gasteiger partial charge in [-0.15, -0.1) is 0 Å². The van der Waals surface area contributed by atoms with Gasteiger partial charge in [0, 0.05) is 25.4 Å². The second-order valence-electron chi connectivity index (χ2n) is 3.98. The number of rotatable bonds is 6. The minimum absolute atomic E-state index is 0.106. The topological polar surface area (TPSA) is 88.5 Å². The van der Waals surface area contributed by atoms with E-state index in [1.165, 1.54) is 18.3 Å². The number of methoxy groups -OCH3 is 1. The van der Waals surface area contributed by atoms with E-state index in [9.17, 15) is 9.59 Å². The molecule has 0 saturated carbocycles. The van der Waals surface area contributed by atoms with Crippen molar-refractivity contribution in [3.05, 3.63) is 35.7 Å². The lowest BCUT2D eigenvalue weighted by Crippen LogP contribution is -2.36. The highest BCUT2D eigenvalue weighted by Gasteiger charge is 2.10. The Morgan fingerprint density at radius 3 is 2.79 bits per heavy atom. The Hall–Kier alpha value is -2.21. The van der Waals surface area contributed by atoms with Gasteiger partial charge in [-0.3, -0.25) is 9.78 Å². The van der Waals surface area contributed by atoms with Crippen LogP contribution in [0, 0.1) is 0 Å². The number of hydrogen-bond acceptors (Lipinski definition) is 4. The molecule has 0 aliphatic carbocycles. The summed E-state index contributed by atoms with van der Waals surface area (Å²) in [5.41, 5.74) is 0.888. The Kier molecular flexibility index (Phi) is 5.69. The molecule has 0 radical (unpaired) electrons. The van der Waals surface area contributed by atoms with Gasteiger partial charge in [-0.2, -0.15) is 0 Å². The summed E-state index contributed by atoms with van der Waals surface area (Å²) in [6.45, 7) is 2.25. The Labute approximate surface area is 111 Å². The molecule has 2 N–H and O–H groups in total. The molecule has 0 spiro atoms. The van der Waals surface area contributed by atoms with Gasteiger partial charge in [-0.25, -0.2) is 4.79 Å². The van der Waals surface area contributed by atoms with E-state index in [1.807, 2.05) is 6.92 Å². The van der Waals surface area contributed by atoms with E-state index >= 15 is 0 Å². The molecule has 19 heavy (non-hydrogen) atoms. The molecule has 0 aliphatic heterocycles. The predicted molar refractivity (Wildman–Crippen MR) is 69.7 cm³/mol. The van der Waals surface area contributed by atoms with Crippen molar-refractivity contribution in [1.82, 2.24) is 10.3 Å². The van der Waals surface area contributed by atoms with Gasteiger partial charge in [0.15, 0.2) is 0 Å². The number of carbonyl (C=O) groups is 2. The summed E-state index contributed by atoms with van der Waals surface area (Å²) in [4.78, 5) is 26.1. The Balaban J connectivity index is 2.65. The Bertz CT molecular complexity index is 468. The predicted octanol–water partition coefficient (Wildman–Crippen LogP) is 0.944. The Morgan fingerprint density at radius 1 is 1.53 bits per heavy atom. The van der Waals surface area contributed by atoms with Crippen LogP contribution in [0.3, 0.4) is 0 Å². The van der Waals surface area contributed by atoms with Gasteiger partial charge >= 0.3 is 5.97 Å². The number of hydrogen-bond donors (Lipinski definition) is 2. The van der Waals surface area contributed by atoms with Crippen molar-refractivity contribution in [2.24, 2.45) is 0 Å². The smallest absolute Gasteiger partial charge is 0.328 e. The van der Waals surface area contributed by atoms with Crippen LogP contribution in [0.1, 0.15) is 23.0 Å². The summed E-state index contributed by atoms with van der Waals surface area (Å²) in [6, 6.07) is 3.06. The summed E-state index contributed by atoms with van der Waals surface area (Å²) in [5, 5.41) is 11.2. The second-order valence-corrected chi connectivity index (χ2v) is 3.98. The van der Waals surface area contributed by atoms with Crippen molar-refractivity contribution >= 4 is 18.0 Å². The fourth-order valence-electron chi connectivity index (χ4n) is 1.40. The molecule has 1 heterocycles. The first-order valence-electron chi connectivity index (χ1n) is 5.69. The average molecular weight is 264 g/mol. The number of carboxylic acid groups (broad SMARTS) is 1. The monoisotopic (exact) mass is 264 g/mol. The molecule has 6 heteroatoms. The summed E-state index contributed by atoms with van der Waals surface area (Å²) < 4.78 is 4.91. The van der Waals surface area contributed by atoms with Gasteiger partial charge in [0.05, 0.1) is 6.61 Å². The van der Waals surface area contributed by atoms with Crippen LogP contribution in [0.2, 0.25) is 0 Å². The maximum Gasteiger partial charge on any atom is 0.328 e. The fraction of sp³-hybridized carbons (Fsp3) is 0.308. The van der Waals surface area contributed by atoms with Gasteiger partial charge in [-0.1, -0.05) is 6.07 Å². The van der Waals surface area contributed by atoms with Gasteiger partial charge < -0.3 is 15.2 Å². The normalized spacial score (nSPS) is 12.3. The number of ether oxygens (including phenoxy) is 1. The van der Waals surface area contributed by atoms with Crippen LogP contribution >= 0.6 is 0 Å². The highest BCUT2D eigenvalue weighted by atomic mass is 16.5. The molecular weight excluding hydrogens is 248 g/mol. The SMILES string of the molecule is COCC(C)NC(=O)c1ccc(/C=C/C(=O)O)cn1. The van der Waals surface area contributed by atoms with Crippen molar-refractivity contribution in [1.29, 1.82) is 0 Å². The molecule has 1 amide bonds. The lowest BCUT2D eigenvalue weighted by atomic mass is 10.2. The van der Waals surface area contributed by atoms with E-state index in [1.54, 1.807) is 13.2 Å². The maximum atomic E-state index is 11.8. The number of nitrogens with one attached hydrogen (secondary N) is 1. The first kappa shape index (κ1) is 14.8. The summed E-state index contributed by atoms with van der Waals surface area (Å²) in [6.07, 6.45) is 3.86. The van der Waals surface area contributed by atoms with Crippen LogP contribution < -0.4 is 5.32 Å². The van der Waals surface area contributed by atoms with Crippen LogP contribution in [-0.2, 0) is 9.53 Å². The van der Waals surface area contributed by atoms with Crippen LogP contribution in [0.4, 0.5) is 0 Å². The van der Waals surface area contributed by atoms with E-state index < -0.39 is 5.97 Å². The molecule has 1 aromatic heterocycles. The largest absolute Gasteiger partial charge is 0.478 e. The average Bonchev–Trinajstić information content (AvgIpc) is 2.37. The van der Waals surface area contributed by atoms with Gasteiger partial charge in [-0.05, 0) is 24.6 Å². The van der Waals surface area contributed by atoms with Crippen molar-refractivity contribution < 1.29 is 19.4 Å². The minimum Gasteiger partial charge on any atom is -0.478 e. The van der Waals surface area contributed by atoms with Crippen molar-refractivity contribution in [3.63, 3.8) is 0 Å². The molecule has 0 saturated heterocycles. The first-order chi connectivity index (χ1) is 9.02. The summed E-state index contributed by atoms with van der Waals surface area (Å²) in [5.74, 6) is -1.33. The number of amides is 1. The number of nitrogens with zero attached hydrogens (tertiary/aromatic N) is 1. The minimum atomic E-state index is -1.03. The number of pyridine rings is 1. The fourth-order valence-corrected chi connectivity index (χ4v) is 1.40. The zero-order chi connectivity index (χ0) is 14.3. The van der Waals surface area contributed by atoms with E-state index in [4.69, 9.17) is 9.84 Å². The molecule has 1 rings (SSSR count). The van der Waals surface area contributed by atoms with Gasteiger partial charge in [0.1, 0.15) is 5.69 Å². The quantitative estimate of drug-likeness (QED) is 0.747. The van der Waals surface area contributed by atoms with Crippen LogP contribution in [-0.4, -0.2) is 41.7 Å². The molecule has 0 bridgehead atoms. The van der Waals surface area contributed by atoms with Crippen LogP contribution in [0.5, 0.6) is 0 Å². The van der Waals surface area contributed by atoms with Crippen molar-refractivity contribution in [2.45, 2.75) is 13.0 Å². The lowest BCUT2D eigenvalue weighted by molar-refractivity contribution is -0.131. The third-order valence-corrected chi connectivity index (χ3v) is 2.23. The van der Waals surface area contributed by atoms with Gasteiger partial charge in [0.25, 0.3) is 5.91 Å². The molecule has 1 unspecified atom stereocenters. The zero-order valence-corrected chi connectivity index (χ0v) is 10.8. The molecular formula is C13H16N2O4. The van der Waals surface area contributed by atoms with Gasteiger partial charge in [0.2, 0.25) is 0 Å². The number of aromatic nitrogens is 1. The molecule has 0 aromatic carbocycles. The van der Waals surface area contributed by atoms with E-state index in [-0.39, 0.29) is 17.6 Å². The summed E-state index contributed by atoms with van der Waals surface area (Å²) in [7, 11) is 1.56. The molecule has 0 fully saturated rings. The highest BCUT2D eigenvalue weighted by molar-refractivity contribution is 5.92. The van der Waals surface area contributed by atoms with E-state index in [2.05, 4.69) is 10.3 Å². The first-order valence-corrected chi connectivity index (χ1v) is 5.69. The Morgan fingerprint density at radius 2 is 2.26 bits per heavy atom. The molecule has 1 atom stereocenters. The summed E-state index contributed by atoms with van der Waals surface area (Å²) >= 11 is 0. The number of carbonyl (C=O) groups excluding carboxylic acids is 1. The number of carboxylic acids is 1. The lowest BCUT2D eigenvalue weighted by Gasteiger charge is -2.12. The molecule has 1 aromatic rings. The van der Waals surface area contributed by atoms with Crippen molar-refractivity contribution in [3.8, 4) is 0 Å². The molecule has 102 valence electrons. The van der Waals surface area contributed by atoms with Crippen molar-refractivity contribution in [2.75, 3.05) is 13.7 Å². The molecule has 6 nitrogen and oxygen atoms in total.